The normalized spacial score (nSPS) is 15.2. The maximum Gasteiger partial charge on any atom is 0.341 e. The maximum absolute atomic E-state index is 12.0. The molecule has 132 valence electrons. The van der Waals surface area contributed by atoms with Crippen LogP contribution < -0.4 is 4.74 Å². The third-order valence-corrected chi connectivity index (χ3v) is 4.03. The van der Waals surface area contributed by atoms with E-state index >= 15 is 0 Å². The summed E-state index contributed by atoms with van der Waals surface area (Å²) in [5, 5.41) is 9.34. The Bertz CT molecular complexity index is 601. The smallest absolute Gasteiger partial charge is 0.341 e. The molecule has 0 atom stereocenters. The van der Waals surface area contributed by atoms with Gasteiger partial charge in [0.25, 0.3) is 0 Å². The lowest BCUT2D eigenvalue weighted by Gasteiger charge is -2.36. The lowest BCUT2D eigenvalue weighted by atomic mass is 10.1. The highest BCUT2D eigenvalue weighted by Gasteiger charge is 2.23. The van der Waals surface area contributed by atoms with E-state index < -0.39 is 5.97 Å². The first-order chi connectivity index (χ1) is 11.4. The first kappa shape index (κ1) is 18.4. The first-order valence-electron chi connectivity index (χ1n) is 7.68. The van der Waals surface area contributed by atoms with Crippen LogP contribution in [0.1, 0.15) is 5.56 Å². The number of hydrogen-bond donors (Lipinski definition) is 1. The van der Waals surface area contributed by atoms with Gasteiger partial charge in [-0.3, -0.25) is 4.90 Å². The molecule has 0 aliphatic carbocycles. The molecule has 0 saturated carbocycles. The van der Waals surface area contributed by atoms with Crippen LogP contribution in [0.3, 0.4) is 0 Å². The van der Waals surface area contributed by atoms with Gasteiger partial charge in [-0.2, -0.15) is 0 Å². The van der Waals surface area contributed by atoms with Crippen molar-refractivity contribution in [2.75, 3.05) is 46.9 Å². The van der Waals surface area contributed by atoms with E-state index in [1.54, 1.807) is 37.2 Å². The standard InChI is InChI=1S/C16H22ClN3O4/c1-18(2)16(23)20-7-5-19(6-8-20)10-12-9-13(17)3-4-14(12)24-11-15(21)22/h3-4,9H,5-8,10-11H2,1-2H3,(H,21,22). The Morgan fingerprint density at radius 2 is 1.92 bits per heavy atom. The highest BCUT2D eigenvalue weighted by atomic mass is 35.5. The molecule has 1 fully saturated rings. The number of urea groups is 1. The molecule has 1 heterocycles. The summed E-state index contributed by atoms with van der Waals surface area (Å²) in [5.41, 5.74) is 0.844. The van der Waals surface area contributed by atoms with Crippen LogP contribution in [0.4, 0.5) is 4.79 Å². The lowest BCUT2D eigenvalue weighted by molar-refractivity contribution is -0.139. The molecule has 0 unspecified atom stereocenters. The van der Waals surface area contributed by atoms with Crippen molar-refractivity contribution < 1.29 is 19.4 Å². The minimum Gasteiger partial charge on any atom is -0.482 e. The maximum atomic E-state index is 12.0. The monoisotopic (exact) mass is 355 g/mol. The molecule has 1 saturated heterocycles. The molecule has 24 heavy (non-hydrogen) atoms. The van der Waals surface area contributed by atoms with Crippen LogP contribution in [0.15, 0.2) is 18.2 Å². The van der Waals surface area contributed by atoms with Crippen molar-refractivity contribution in [2.45, 2.75) is 6.54 Å². The number of piperazine rings is 1. The molecule has 7 nitrogen and oxygen atoms in total. The van der Waals surface area contributed by atoms with E-state index in [4.69, 9.17) is 21.4 Å². The number of ether oxygens (including phenoxy) is 1. The Hall–Kier alpha value is -1.99. The highest BCUT2D eigenvalue weighted by molar-refractivity contribution is 6.30. The topological polar surface area (TPSA) is 73.3 Å². The van der Waals surface area contributed by atoms with Gasteiger partial charge in [0, 0.05) is 57.4 Å². The van der Waals surface area contributed by atoms with Crippen molar-refractivity contribution >= 4 is 23.6 Å². The minimum absolute atomic E-state index is 0.0166. The van der Waals surface area contributed by atoms with Crippen LogP contribution in [0.5, 0.6) is 5.75 Å². The van der Waals surface area contributed by atoms with Crippen molar-refractivity contribution in [1.29, 1.82) is 0 Å². The van der Waals surface area contributed by atoms with Gasteiger partial charge in [0.05, 0.1) is 0 Å². The van der Waals surface area contributed by atoms with Gasteiger partial charge >= 0.3 is 12.0 Å². The van der Waals surface area contributed by atoms with E-state index in [0.717, 1.165) is 18.7 Å². The molecule has 8 heteroatoms. The van der Waals surface area contributed by atoms with Crippen molar-refractivity contribution in [3.05, 3.63) is 28.8 Å². The fraction of sp³-hybridized carbons (Fsp3) is 0.500. The summed E-state index contributed by atoms with van der Waals surface area (Å²) >= 11 is 6.05. The quantitative estimate of drug-likeness (QED) is 0.868. The van der Waals surface area contributed by atoms with Gasteiger partial charge in [-0.15, -0.1) is 0 Å². The van der Waals surface area contributed by atoms with Gasteiger partial charge in [-0.1, -0.05) is 11.6 Å². The Morgan fingerprint density at radius 1 is 1.25 bits per heavy atom. The fourth-order valence-electron chi connectivity index (χ4n) is 2.57. The molecule has 1 aromatic rings. The number of carbonyl (C=O) groups excluding carboxylic acids is 1. The predicted molar refractivity (Wildman–Crippen MR) is 90.5 cm³/mol. The number of carboxylic acids is 1. The number of benzene rings is 1. The number of aliphatic carboxylic acids is 1. The zero-order valence-corrected chi connectivity index (χ0v) is 14.6. The van der Waals surface area contributed by atoms with E-state index in [1.807, 2.05) is 4.90 Å². The number of carboxylic acid groups (broad SMARTS) is 1. The molecular formula is C16H22ClN3O4. The number of carbonyl (C=O) groups is 2. The molecule has 2 rings (SSSR count). The van der Waals surface area contributed by atoms with E-state index in [9.17, 15) is 9.59 Å². The summed E-state index contributed by atoms with van der Waals surface area (Å²) in [6.07, 6.45) is 0. The molecular weight excluding hydrogens is 334 g/mol. The summed E-state index contributed by atoms with van der Waals surface area (Å²) < 4.78 is 5.33. The van der Waals surface area contributed by atoms with Gasteiger partial charge in [0.15, 0.2) is 6.61 Å². The summed E-state index contributed by atoms with van der Waals surface area (Å²) in [5.74, 6) is -0.500. The van der Waals surface area contributed by atoms with Crippen LogP contribution in [-0.4, -0.2) is 78.7 Å². The number of amides is 2. The van der Waals surface area contributed by atoms with Crippen LogP contribution in [0, 0.1) is 0 Å². The number of rotatable bonds is 5. The van der Waals surface area contributed by atoms with Crippen LogP contribution >= 0.6 is 11.6 Å². The third-order valence-electron chi connectivity index (χ3n) is 3.79. The molecule has 0 aromatic heterocycles. The van der Waals surface area contributed by atoms with Gasteiger partial charge in [0.2, 0.25) is 0 Å². The van der Waals surface area contributed by atoms with E-state index in [0.29, 0.717) is 30.4 Å². The van der Waals surface area contributed by atoms with E-state index in [1.165, 1.54) is 0 Å². The highest BCUT2D eigenvalue weighted by Crippen LogP contribution is 2.25. The summed E-state index contributed by atoms with van der Waals surface area (Å²) in [7, 11) is 3.49. The SMILES string of the molecule is CN(C)C(=O)N1CCN(Cc2cc(Cl)ccc2OCC(=O)O)CC1. The van der Waals surface area contributed by atoms with Crippen LogP contribution in [0.25, 0.3) is 0 Å². The van der Waals surface area contributed by atoms with Crippen molar-refractivity contribution in [2.24, 2.45) is 0 Å². The minimum atomic E-state index is -1.02. The molecule has 2 amide bonds. The lowest BCUT2D eigenvalue weighted by Crippen LogP contribution is -2.51. The molecule has 1 aliphatic heterocycles. The van der Waals surface area contributed by atoms with Gasteiger partial charge < -0.3 is 19.6 Å². The van der Waals surface area contributed by atoms with Gasteiger partial charge in [-0.25, -0.2) is 9.59 Å². The van der Waals surface area contributed by atoms with Crippen molar-refractivity contribution in [3.8, 4) is 5.75 Å². The summed E-state index contributed by atoms with van der Waals surface area (Å²) in [6, 6.07) is 5.17. The third kappa shape index (κ3) is 5.01. The van der Waals surface area contributed by atoms with Crippen molar-refractivity contribution in [1.82, 2.24) is 14.7 Å². The van der Waals surface area contributed by atoms with Crippen LogP contribution in [-0.2, 0) is 11.3 Å². The largest absolute Gasteiger partial charge is 0.482 e. The average Bonchev–Trinajstić information content (AvgIpc) is 2.54. The average molecular weight is 356 g/mol. The molecule has 0 radical (unpaired) electrons. The molecule has 0 spiro atoms. The Balaban J connectivity index is 1.97. The van der Waals surface area contributed by atoms with Gasteiger partial charge in [-0.05, 0) is 18.2 Å². The molecule has 1 aromatic carbocycles. The second kappa shape index (κ2) is 8.21. The van der Waals surface area contributed by atoms with Crippen molar-refractivity contribution in [3.63, 3.8) is 0 Å². The number of nitrogens with zero attached hydrogens (tertiary/aromatic N) is 3. The van der Waals surface area contributed by atoms with Gasteiger partial charge in [0.1, 0.15) is 5.75 Å². The Morgan fingerprint density at radius 3 is 2.50 bits per heavy atom. The Kier molecular flexibility index (Phi) is 6.28. The van der Waals surface area contributed by atoms with E-state index in [2.05, 4.69) is 4.90 Å². The number of hydrogen-bond acceptors (Lipinski definition) is 4. The molecule has 1 N–H and O–H groups in total. The molecule has 0 bridgehead atoms. The fourth-order valence-corrected chi connectivity index (χ4v) is 2.77. The second-order valence-electron chi connectivity index (χ2n) is 5.87. The predicted octanol–water partition coefficient (Wildman–Crippen LogP) is 1.60. The van der Waals surface area contributed by atoms with E-state index in [-0.39, 0.29) is 12.6 Å². The van der Waals surface area contributed by atoms with Crippen LogP contribution in [0.2, 0.25) is 5.02 Å². The zero-order chi connectivity index (χ0) is 17.7. The summed E-state index contributed by atoms with van der Waals surface area (Å²) in [4.78, 5) is 28.2. The number of halogens is 1. The zero-order valence-electron chi connectivity index (χ0n) is 13.9. The Labute approximate surface area is 146 Å². The molecule has 1 aliphatic rings. The first-order valence-corrected chi connectivity index (χ1v) is 8.06. The second-order valence-corrected chi connectivity index (χ2v) is 6.31. The summed E-state index contributed by atoms with van der Waals surface area (Å²) in [6.45, 7) is 3.00.